The Morgan fingerprint density at radius 1 is 1.21 bits per heavy atom. The Hall–Kier alpha value is -2.30. The zero-order valence-electron chi connectivity index (χ0n) is 13.1. The lowest BCUT2D eigenvalue weighted by Gasteiger charge is -2.36. The van der Waals surface area contributed by atoms with Crippen LogP contribution < -0.4 is 0 Å². The van der Waals surface area contributed by atoms with Crippen molar-refractivity contribution in [2.45, 2.75) is 19.1 Å². The molecule has 2 aromatic carbocycles. The van der Waals surface area contributed by atoms with Crippen LogP contribution in [0.1, 0.15) is 23.7 Å². The number of aromatic amines is 1. The van der Waals surface area contributed by atoms with E-state index in [2.05, 4.69) is 4.98 Å². The number of nitrogens with one attached hydrogen (secondary N) is 1. The summed E-state index contributed by atoms with van der Waals surface area (Å²) in [5, 5.41) is 1.64. The molecule has 3 aromatic rings. The molecule has 0 spiro atoms. The highest BCUT2D eigenvalue weighted by Crippen LogP contribution is 2.43. The average Bonchev–Trinajstić information content (AvgIpc) is 2.96. The number of esters is 1. The predicted molar refractivity (Wildman–Crippen MR) is 92.0 cm³/mol. The van der Waals surface area contributed by atoms with Gasteiger partial charge in [-0.2, -0.15) is 0 Å². The minimum atomic E-state index is -1.27. The number of halogens is 1. The zero-order valence-corrected chi connectivity index (χ0v) is 13.9. The fraction of sp³-hybridized carbons (Fsp3) is 0.211. The topological polar surface area (TPSA) is 51.3 Å². The molecule has 4 rings (SSSR count). The zero-order chi connectivity index (χ0) is 16.7. The maximum atomic E-state index is 11.8. The molecule has 0 saturated carbocycles. The Morgan fingerprint density at radius 3 is 2.75 bits per heavy atom. The van der Waals surface area contributed by atoms with Crippen LogP contribution in [0, 0.1) is 0 Å². The summed E-state index contributed by atoms with van der Waals surface area (Å²) >= 11 is 6.41. The van der Waals surface area contributed by atoms with Crippen LogP contribution in [0.4, 0.5) is 0 Å². The highest BCUT2D eigenvalue weighted by molar-refractivity contribution is 6.35. The van der Waals surface area contributed by atoms with E-state index in [-0.39, 0.29) is 0 Å². The maximum Gasteiger partial charge on any atom is 0.305 e. The fourth-order valence-corrected chi connectivity index (χ4v) is 3.69. The van der Waals surface area contributed by atoms with E-state index in [1.54, 1.807) is 0 Å². The van der Waals surface area contributed by atoms with Crippen molar-refractivity contribution < 1.29 is 14.3 Å². The number of H-pyrrole nitrogens is 1. The van der Waals surface area contributed by atoms with Crippen molar-refractivity contribution in [3.63, 3.8) is 0 Å². The molecule has 0 aliphatic carbocycles. The van der Waals surface area contributed by atoms with Crippen molar-refractivity contribution in [2.24, 2.45) is 0 Å². The number of carbonyl (C=O) groups is 1. The Bertz CT molecular complexity index is 919. The van der Waals surface area contributed by atoms with E-state index >= 15 is 0 Å². The van der Waals surface area contributed by atoms with Gasteiger partial charge < -0.3 is 14.5 Å². The average molecular weight is 342 g/mol. The smallest absolute Gasteiger partial charge is 0.305 e. The second-order valence-electron chi connectivity index (χ2n) is 5.82. The summed E-state index contributed by atoms with van der Waals surface area (Å²) in [6.45, 7) is 1.82. The van der Waals surface area contributed by atoms with Gasteiger partial charge in [0.2, 0.25) is 0 Å². The SMILES string of the molecule is CC(=O)OC1(c2ccccc2)OCCc2c1[nH]c1cccc(Cl)c21. The summed E-state index contributed by atoms with van der Waals surface area (Å²) in [7, 11) is 0. The Labute approximate surface area is 144 Å². The molecule has 4 nitrogen and oxygen atoms in total. The van der Waals surface area contributed by atoms with Gasteiger partial charge in [-0.3, -0.25) is 4.79 Å². The first-order valence-corrected chi connectivity index (χ1v) is 8.18. The van der Waals surface area contributed by atoms with E-state index in [1.165, 1.54) is 6.92 Å². The summed E-state index contributed by atoms with van der Waals surface area (Å²) in [6, 6.07) is 15.2. The first kappa shape index (κ1) is 15.2. The Morgan fingerprint density at radius 2 is 2.00 bits per heavy atom. The number of ether oxygens (including phenoxy) is 2. The van der Waals surface area contributed by atoms with Crippen LogP contribution in [0.25, 0.3) is 10.9 Å². The van der Waals surface area contributed by atoms with Gasteiger partial charge in [-0.25, -0.2) is 0 Å². The molecule has 1 aromatic heterocycles. The van der Waals surface area contributed by atoms with Crippen LogP contribution in [0.15, 0.2) is 48.5 Å². The third kappa shape index (κ3) is 2.22. The van der Waals surface area contributed by atoms with Crippen molar-refractivity contribution >= 4 is 28.5 Å². The summed E-state index contributed by atoms with van der Waals surface area (Å²) in [5.74, 6) is -1.68. The third-order valence-corrected chi connectivity index (χ3v) is 4.62. The van der Waals surface area contributed by atoms with Gasteiger partial charge in [0, 0.05) is 23.4 Å². The quantitative estimate of drug-likeness (QED) is 0.712. The van der Waals surface area contributed by atoms with Gasteiger partial charge in [0.1, 0.15) is 0 Å². The van der Waals surface area contributed by atoms with Gasteiger partial charge in [0.25, 0.3) is 5.79 Å². The Balaban J connectivity index is 2.03. The highest BCUT2D eigenvalue weighted by Gasteiger charge is 2.45. The van der Waals surface area contributed by atoms with Crippen molar-refractivity contribution in [1.29, 1.82) is 0 Å². The van der Waals surface area contributed by atoms with E-state index in [0.717, 1.165) is 27.7 Å². The van der Waals surface area contributed by atoms with Crippen LogP contribution in [-0.2, 0) is 26.5 Å². The first-order valence-electron chi connectivity index (χ1n) is 7.80. The summed E-state index contributed by atoms with van der Waals surface area (Å²) in [6.07, 6.45) is 0.703. The molecule has 24 heavy (non-hydrogen) atoms. The molecule has 0 amide bonds. The summed E-state index contributed by atoms with van der Waals surface area (Å²) < 4.78 is 11.8. The largest absolute Gasteiger partial charge is 0.422 e. The van der Waals surface area contributed by atoms with E-state index in [1.807, 2.05) is 48.5 Å². The molecule has 5 heteroatoms. The third-order valence-electron chi connectivity index (χ3n) is 4.30. The standard InChI is InChI=1S/C19H16ClNO3/c1-12(22)24-19(13-6-3-2-4-7-13)18-14(10-11-23-19)17-15(20)8-5-9-16(17)21-18/h2-9,21H,10-11H2,1H3. The molecule has 1 aliphatic rings. The molecular weight excluding hydrogens is 326 g/mol. The number of rotatable bonds is 2. The summed E-state index contributed by atoms with van der Waals surface area (Å²) in [4.78, 5) is 15.2. The van der Waals surface area contributed by atoms with E-state index in [4.69, 9.17) is 21.1 Å². The molecular formula is C19H16ClNO3. The van der Waals surface area contributed by atoms with Crippen molar-refractivity contribution in [3.8, 4) is 0 Å². The number of hydrogen-bond acceptors (Lipinski definition) is 3. The van der Waals surface area contributed by atoms with Crippen LogP contribution in [0.5, 0.6) is 0 Å². The van der Waals surface area contributed by atoms with Crippen molar-refractivity contribution in [2.75, 3.05) is 6.61 Å². The molecule has 0 fully saturated rings. The maximum absolute atomic E-state index is 11.8. The predicted octanol–water partition coefficient (Wildman–Crippen LogP) is 4.16. The molecule has 0 bridgehead atoms. The van der Waals surface area contributed by atoms with Gasteiger partial charge in [-0.15, -0.1) is 0 Å². The monoisotopic (exact) mass is 341 g/mol. The van der Waals surface area contributed by atoms with Gasteiger partial charge in [0.05, 0.1) is 17.3 Å². The number of carbonyl (C=O) groups excluding carboxylic acids is 1. The number of benzene rings is 2. The molecule has 2 heterocycles. The van der Waals surface area contributed by atoms with Gasteiger partial charge >= 0.3 is 5.97 Å². The number of hydrogen-bond donors (Lipinski definition) is 1. The lowest BCUT2D eigenvalue weighted by Crippen LogP contribution is -2.40. The van der Waals surface area contributed by atoms with E-state index < -0.39 is 11.8 Å². The summed E-state index contributed by atoms with van der Waals surface area (Å²) in [5.41, 5.74) is 3.44. The molecule has 0 saturated heterocycles. The molecule has 1 unspecified atom stereocenters. The number of aromatic nitrogens is 1. The second-order valence-corrected chi connectivity index (χ2v) is 6.22. The molecule has 122 valence electrons. The normalized spacial score (nSPS) is 19.9. The van der Waals surface area contributed by atoms with Gasteiger partial charge in [-0.1, -0.05) is 48.0 Å². The molecule has 1 aliphatic heterocycles. The number of fused-ring (bicyclic) bond motifs is 3. The van der Waals surface area contributed by atoms with E-state index in [9.17, 15) is 4.79 Å². The van der Waals surface area contributed by atoms with E-state index in [0.29, 0.717) is 18.1 Å². The van der Waals surface area contributed by atoms with Crippen molar-refractivity contribution in [3.05, 3.63) is 70.4 Å². The second kappa shape index (κ2) is 5.65. The molecule has 0 radical (unpaired) electrons. The van der Waals surface area contributed by atoms with Crippen molar-refractivity contribution in [1.82, 2.24) is 4.98 Å². The lowest BCUT2D eigenvalue weighted by atomic mass is 9.94. The molecule has 1 atom stereocenters. The molecule has 1 N–H and O–H groups in total. The fourth-order valence-electron chi connectivity index (χ4n) is 3.40. The highest BCUT2D eigenvalue weighted by atomic mass is 35.5. The van der Waals surface area contributed by atoms with Crippen LogP contribution in [0.3, 0.4) is 0 Å². The minimum Gasteiger partial charge on any atom is -0.422 e. The van der Waals surface area contributed by atoms with Gasteiger partial charge in [0.15, 0.2) is 0 Å². The van der Waals surface area contributed by atoms with Crippen LogP contribution in [0.2, 0.25) is 5.02 Å². The minimum absolute atomic E-state index is 0.406. The van der Waals surface area contributed by atoms with Crippen LogP contribution in [-0.4, -0.2) is 17.6 Å². The first-order chi connectivity index (χ1) is 11.6. The lowest BCUT2D eigenvalue weighted by molar-refractivity contribution is -0.222. The Kier molecular flexibility index (Phi) is 3.59. The van der Waals surface area contributed by atoms with Gasteiger partial charge in [-0.05, 0) is 24.1 Å². The van der Waals surface area contributed by atoms with Crippen LogP contribution >= 0.6 is 11.6 Å².